The number of carbonyl (C=O) groups is 2. The maximum absolute atomic E-state index is 13.8. The number of fused-ring (bicyclic) bond motifs is 3. The maximum atomic E-state index is 13.8. The Labute approximate surface area is 199 Å². The first kappa shape index (κ1) is 22.5. The molecule has 2 aliphatic heterocycles. The van der Waals surface area contributed by atoms with Crippen LogP contribution in [0.4, 0.5) is 0 Å². The smallest absolute Gasteiger partial charge is 0.271 e. The summed E-state index contributed by atoms with van der Waals surface area (Å²) in [6.07, 6.45) is 2.67. The van der Waals surface area contributed by atoms with E-state index in [0.717, 1.165) is 41.7 Å². The summed E-state index contributed by atoms with van der Waals surface area (Å²) in [5.41, 5.74) is 1.59. The first-order chi connectivity index (χ1) is 16.5. The summed E-state index contributed by atoms with van der Waals surface area (Å²) in [7, 11) is 1.63. The molecule has 1 fully saturated rings. The lowest BCUT2D eigenvalue weighted by Crippen LogP contribution is -2.64. The van der Waals surface area contributed by atoms with Crippen molar-refractivity contribution in [1.29, 1.82) is 0 Å². The number of nitrogens with zero attached hydrogens (tertiary/aromatic N) is 2. The van der Waals surface area contributed by atoms with E-state index in [2.05, 4.69) is 5.32 Å². The van der Waals surface area contributed by atoms with E-state index in [-0.39, 0.29) is 17.9 Å². The van der Waals surface area contributed by atoms with Crippen LogP contribution in [-0.2, 0) is 22.5 Å². The van der Waals surface area contributed by atoms with Gasteiger partial charge in [-0.15, -0.1) is 0 Å². The van der Waals surface area contributed by atoms with Crippen LogP contribution in [0.2, 0.25) is 0 Å². The molecule has 3 heterocycles. The van der Waals surface area contributed by atoms with Gasteiger partial charge in [0.05, 0.1) is 25.3 Å². The number of methoxy groups -OCH3 is 1. The van der Waals surface area contributed by atoms with Crippen molar-refractivity contribution in [2.45, 2.75) is 44.4 Å². The van der Waals surface area contributed by atoms with Gasteiger partial charge in [-0.2, -0.15) is 0 Å². The minimum absolute atomic E-state index is 0.0387. The van der Waals surface area contributed by atoms with Crippen molar-refractivity contribution >= 4 is 22.7 Å². The molecule has 5 rings (SSSR count). The molecule has 0 saturated carbocycles. The first-order valence-electron chi connectivity index (χ1n) is 11.9. The summed E-state index contributed by atoms with van der Waals surface area (Å²) in [5, 5.41) is 4.04. The van der Waals surface area contributed by atoms with E-state index in [4.69, 9.17) is 9.47 Å². The molecule has 178 valence electrons. The summed E-state index contributed by atoms with van der Waals surface area (Å²) in [4.78, 5) is 29.2. The Bertz CT molecular complexity index is 1200. The molecule has 3 aromatic rings. The van der Waals surface area contributed by atoms with Gasteiger partial charge in [0.15, 0.2) is 0 Å². The number of hydrogen-bond donors (Lipinski definition) is 1. The fourth-order valence-corrected chi connectivity index (χ4v) is 5.09. The molecule has 2 atom stereocenters. The Morgan fingerprint density at radius 3 is 2.76 bits per heavy atom. The average Bonchev–Trinajstić information content (AvgIpc) is 3.50. The molecular formula is C27H31N3O4. The highest BCUT2D eigenvalue weighted by Crippen LogP contribution is 2.34. The second-order valence-electron chi connectivity index (χ2n) is 9.35. The third-order valence-electron chi connectivity index (χ3n) is 7.11. The van der Waals surface area contributed by atoms with Gasteiger partial charge in [0.1, 0.15) is 17.0 Å². The first-order valence-corrected chi connectivity index (χ1v) is 11.9. The number of aromatic nitrogens is 1. The molecule has 0 unspecified atom stereocenters. The molecule has 2 amide bonds. The number of benzene rings is 2. The highest BCUT2D eigenvalue weighted by atomic mass is 16.5. The third kappa shape index (κ3) is 4.05. The summed E-state index contributed by atoms with van der Waals surface area (Å²) < 4.78 is 13.1. The average molecular weight is 462 g/mol. The fraction of sp³-hybridized carbons (Fsp3) is 0.407. The SMILES string of the molecule is COc1ccc2cc3n(c2c1)C[C@](C)(C(=O)NC[C@H]1CCCO1)N(CCc1ccccc1)C3=O. The van der Waals surface area contributed by atoms with Crippen molar-refractivity contribution in [2.24, 2.45) is 0 Å². The fourth-order valence-electron chi connectivity index (χ4n) is 5.09. The van der Waals surface area contributed by atoms with Crippen LogP contribution in [0.15, 0.2) is 54.6 Å². The molecule has 7 heteroatoms. The van der Waals surface area contributed by atoms with Crippen LogP contribution in [0.25, 0.3) is 10.9 Å². The van der Waals surface area contributed by atoms with Crippen LogP contribution >= 0.6 is 0 Å². The van der Waals surface area contributed by atoms with E-state index in [1.165, 1.54) is 0 Å². The largest absolute Gasteiger partial charge is 0.497 e. The number of carbonyl (C=O) groups excluding carboxylic acids is 2. The minimum Gasteiger partial charge on any atom is -0.497 e. The summed E-state index contributed by atoms with van der Waals surface area (Å²) in [5.74, 6) is 0.434. The van der Waals surface area contributed by atoms with E-state index in [1.807, 2.05) is 66.1 Å². The molecule has 0 spiro atoms. The second kappa shape index (κ2) is 9.14. The van der Waals surface area contributed by atoms with Gasteiger partial charge >= 0.3 is 0 Å². The monoisotopic (exact) mass is 461 g/mol. The van der Waals surface area contributed by atoms with Crippen LogP contribution in [0.3, 0.4) is 0 Å². The van der Waals surface area contributed by atoms with E-state index in [1.54, 1.807) is 12.0 Å². The quantitative estimate of drug-likeness (QED) is 0.585. The molecule has 34 heavy (non-hydrogen) atoms. The Morgan fingerprint density at radius 1 is 1.21 bits per heavy atom. The zero-order valence-electron chi connectivity index (χ0n) is 19.8. The Morgan fingerprint density at radius 2 is 2.03 bits per heavy atom. The molecule has 7 nitrogen and oxygen atoms in total. The Kier molecular flexibility index (Phi) is 6.04. The molecule has 1 N–H and O–H groups in total. The number of hydrogen-bond acceptors (Lipinski definition) is 4. The van der Waals surface area contributed by atoms with Gasteiger partial charge in [-0.05, 0) is 49.9 Å². The number of rotatable bonds is 7. The van der Waals surface area contributed by atoms with Crippen LogP contribution in [-0.4, -0.2) is 59.7 Å². The van der Waals surface area contributed by atoms with Crippen LogP contribution in [0.5, 0.6) is 5.75 Å². The van der Waals surface area contributed by atoms with Gasteiger partial charge < -0.3 is 24.3 Å². The second-order valence-corrected chi connectivity index (χ2v) is 9.35. The zero-order chi connectivity index (χ0) is 23.7. The van der Waals surface area contributed by atoms with Crippen molar-refractivity contribution in [3.05, 3.63) is 65.9 Å². The lowest BCUT2D eigenvalue weighted by molar-refractivity contribution is -0.133. The molecule has 0 radical (unpaired) electrons. The maximum Gasteiger partial charge on any atom is 0.271 e. The standard InChI is InChI=1S/C27H31N3O4/c1-27(26(32)28-17-22-9-6-14-34-22)18-29-23-16-21(33-2)11-10-20(23)15-24(29)25(31)30(27)13-12-19-7-4-3-5-8-19/h3-5,7-8,10-11,15-16,22H,6,9,12-14,17-18H2,1-2H3,(H,28,32)/t22-,27-/m1/s1. The van der Waals surface area contributed by atoms with Crippen molar-refractivity contribution in [2.75, 3.05) is 26.8 Å². The third-order valence-corrected chi connectivity index (χ3v) is 7.11. The topological polar surface area (TPSA) is 72.8 Å². The van der Waals surface area contributed by atoms with E-state index in [0.29, 0.717) is 31.7 Å². The Hall–Kier alpha value is -3.32. The number of nitrogens with one attached hydrogen (secondary N) is 1. The van der Waals surface area contributed by atoms with Gasteiger partial charge in [-0.25, -0.2) is 0 Å². The van der Waals surface area contributed by atoms with Gasteiger partial charge in [-0.1, -0.05) is 30.3 Å². The van der Waals surface area contributed by atoms with Crippen molar-refractivity contribution in [3.63, 3.8) is 0 Å². The van der Waals surface area contributed by atoms with Crippen molar-refractivity contribution < 1.29 is 19.1 Å². The predicted molar refractivity (Wildman–Crippen MR) is 130 cm³/mol. The van der Waals surface area contributed by atoms with Crippen LogP contribution < -0.4 is 10.1 Å². The minimum atomic E-state index is -1.04. The molecular weight excluding hydrogens is 430 g/mol. The Balaban J connectivity index is 1.49. The molecule has 2 aromatic carbocycles. The predicted octanol–water partition coefficient (Wildman–Crippen LogP) is 3.40. The highest BCUT2D eigenvalue weighted by Gasteiger charge is 2.47. The van der Waals surface area contributed by atoms with Gasteiger partial charge in [-0.3, -0.25) is 9.59 Å². The lowest BCUT2D eigenvalue weighted by atomic mass is 9.93. The number of ether oxygens (including phenoxy) is 2. The number of amides is 2. The highest BCUT2D eigenvalue weighted by molar-refractivity contribution is 6.03. The molecule has 0 bridgehead atoms. The van der Waals surface area contributed by atoms with Crippen molar-refractivity contribution in [1.82, 2.24) is 14.8 Å². The van der Waals surface area contributed by atoms with Gasteiger partial charge in [0, 0.05) is 31.1 Å². The van der Waals surface area contributed by atoms with Crippen LogP contribution in [0, 0.1) is 0 Å². The molecule has 1 saturated heterocycles. The van der Waals surface area contributed by atoms with Gasteiger partial charge in [0.2, 0.25) is 5.91 Å². The zero-order valence-corrected chi connectivity index (χ0v) is 19.8. The summed E-state index contributed by atoms with van der Waals surface area (Å²) in [6, 6.07) is 17.7. The summed E-state index contributed by atoms with van der Waals surface area (Å²) >= 11 is 0. The lowest BCUT2D eigenvalue weighted by Gasteiger charge is -2.44. The van der Waals surface area contributed by atoms with Crippen LogP contribution in [0.1, 0.15) is 35.8 Å². The molecule has 1 aromatic heterocycles. The molecule has 0 aliphatic carbocycles. The normalized spacial score (nSPS) is 22.1. The van der Waals surface area contributed by atoms with E-state index >= 15 is 0 Å². The molecule has 2 aliphatic rings. The van der Waals surface area contributed by atoms with E-state index < -0.39 is 5.54 Å². The summed E-state index contributed by atoms with van der Waals surface area (Å²) in [6.45, 7) is 3.90. The van der Waals surface area contributed by atoms with Gasteiger partial charge in [0.25, 0.3) is 5.91 Å². The van der Waals surface area contributed by atoms with Crippen molar-refractivity contribution in [3.8, 4) is 5.75 Å². The van der Waals surface area contributed by atoms with E-state index in [9.17, 15) is 9.59 Å².